The van der Waals surface area contributed by atoms with Crippen LogP contribution in [0.5, 0.6) is 0 Å². The topological polar surface area (TPSA) is 86.9 Å². The van der Waals surface area contributed by atoms with Gasteiger partial charge in [-0.15, -0.1) is 0 Å². The first-order chi connectivity index (χ1) is 9.54. The maximum Gasteiger partial charge on any atom is 0.260 e. The van der Waals surface area contributed by atoms with Crippen molar-refractivity contribution in [2.24, 2.45) is 0 Å². The third kappa shape index (κ3) is 3.45. The summed E-state index contributed by atoms with van der Waals surface area (Å²) in [6, 6.07) is 1.99. The first-order valence-corrected chi connectivity index (χ1v) is 8.66. The maximum absolute atomic E-state index is 12.3. The lowest BCUT2D eigenvalue weighted by molar-refractivity contribution is 0.575. The summed E-state index contributed by atoms with van der Waals surface area (Å²) in [5.41, 5.74) is 2.57. The number of nitrogens with zero attached hydrogens (tertiary/aromatic N) is 1. The number of H-pyrrole nitrogens is 1. The number of rotatable bonds is 7. The van der Waals surface area contributed by atoms with Crippen LogP contribution in [0, 0.1) is 6.92 Å². The van der Waals surface area contributed by atoms with Crippen LogP contribution in [0.15, 0.2) is 21.9 Å². The van der Waals surface area contributed by atoms with Gasteiger partial charge in [0.05, 0.1) is 0 Å². The molecule has 0 radical (unpaired) electrons. The molecule has 0 aliphatic rings. The van der Waals surface area contributed by atoms with E-state index in [-0.39, 0.29) is 5.03 Å². The molecule has 0 aromatic carbocycles. The van der Waals surface area contributed by atoms with Crippen LogP contribution in [0.4, 0.5) is 0 Å². The Balaban J connectivity index is 2.06. The normalized spacial score (nSPS) is 11.9. The molecule has 6 nitrogen and oxygen atoms in total. The Bertz CT molecular complexity index is 647. The smallest absolute Gasteiger partial charge is 0.260 e. The van der Waals surface area contributed by atoms with Crippen LogP contribution in [0.2, 0.25) is 0 Å². The van der Waals surface area contributed by atoms with Crippen molar-refractivity contribution in [3.63, 3.8) is 0 Å². The number of aromatic nitrogens is 2. The van der Waals surface area contributed by atoms with Crippen molar-refractivity contribution >= 4 is 21.4 Å². The van der Waals surface area contributed by atoms with E-state index in [2.05, 4.69) is 20.2 Å². The number of hydrogen-bond acceptors (Lipinski definition) is 5. The van der Waals surface area contributed by atoms with Gasteiger partial charge in [-0.3, -0.25) is 5.10 Å². The van der Waals surface area contributed by atoms with Gasteiger partial charge in [0.15, 0.2) is 5.03 Å². The van der Waals surface area contributed by atoms with Crippen LogP contribution in [0.1, 0.15) is 16.8 Å². The highest BCUT2D eigenvalue weighted by Crippen LogP contribution is 2.15. The highest BCUT2D eigenvalue weighted by atomic mass is 32.2. The van der Waals surface area contributed by atoms with Gasteiger partial charge in [-0.25, -0.2) is 13.1 Å². The Kier molecular flexibility index (Phi) is 4.92. The summed E-state index contributed by atoms with van der Waals surface area (Å²) in [7, 11) is -1.80. The number of nitrogens with one attached hydrogen (secondary N) is 3. The zero-order valence-electron chi connectivity index (χ0n) is 11.4. The number of aromatic amines is 1. The third-order valence-corrected chi connectivity index (χ3v) is 5.09. The number of aryl methyl sites for hydroxylation is 1. The van der Waals surface area contributed by atoms with E-state index in [9.17, 15) is 8.42 Å². The fourth-order valence-electron chi connectivity index (χ4n) is 1.87. The summed E-state index contributed by atoms with van der Waals surface area (Å²) in [6.45, 7) is 2.64. The second-order valence-corrected chi connectivity index (χ2v) is 6.90. The molecule has 110 valence electrons. The second-order valence-electron chi connectivity index (χ2n) is 4.44. The average molecular weight is 314 g/mol. The lowest BCUT2D eigenvalue weighted by Crippen LogP contribution is -2.27. The van der Waals surface area contributed by atoms with E-state index in [1.807, 2.05) is 23.8 Å². The average Bonchev–Trinajstić information content (AvgIpc) is 3.01. The van der Waals surface area contributed by atoms with Gasteiger partial charge in [0, 0.05) is 24.3 Å². The Labute approximate surface area is 122 Å². The van der Waals surface area contributed by atoms with Crippen LogP contribution >= 0.6 is 11.3 Å². The van der Waals surface area contributed by atoms with Gasteiger partial charge >= 0.3 is 0 Å². The lowest BCUT2D eigenvalue weighted by Gasteiger charge is -2.06. The molecule has 20 heavy (non-hydrogen) atoms. The van der Waals surface area contributed by atoms with E-state index in [0.717, 1.165) is 11.3 Å². The first-order valence-electron chi connectivity index (χ1n) is 6.24. The van der Waals surface area contributed by atoms with Gasteiger partial charge in [-0.1, -0.05) is 0 Å². The molecular weight excluding hydrogens is 296 g/mol. The molecule has 2 heterocycles. The molecule has 0 aliphatic carbocycles. The predicted octanol–water partition coefficient (Wildman–Crippen LogP) is 1.02. The molecule has 0 bridgehead atoms. The summed E-state index contributed by atoms with van der Waals surface area (Å²) < 4.78 is 27.1. The van der Waals surface area contributed by atoms with E-state index < -0.39 is 10.0 Å². The van der Waals surface area contributed by atoms with Gasteiger partial charge < -0.3 is 5.32 Å². The largest absolute Gasteiger partial charge is 0.316 e. The van der Waals surface area contributed by atoms with Gasteiger partial charge in [0.1, 0.15) is 0 Å². The highest BCUT2D eigenvalue weighted by Gasteiger charge is 2.22. The number of sulfonamides is 1. The van der Waals surface area contributed by atoms with E-state index in [0.29, 0.717) is 25.1 Å². The molecule has 2 aromatic heterocycles. The second kappa shape index (κ2) is 6.49. The molecule has 3 N–H and O–H groups in total. The summed E-state index contributed by atoms with van der Waals surface area (Å²) in [5.74, 6) is 0. The Morgan fingerprint density at radius 2 is 2.25 bits per heavy atom. The van der Waals surface area contributed by atoms with Crippen molar-refractivity contribution < 1.29 is 8.42 Å². The number of hydrogen-bond donors (Lipinski definition) is 3. The fraction of sp³-hybridized carbons (Fsp3) is 0.417. The van der Waals surface area contributed by atoms with Crippen molar-refractivity contribution in [3.8, 4) is 0 Å². The third-order valence-electron chi connectivity index (χ3n) is 2.93. The van der Waals surface area contributed by atoms with Crippen LogP contribution in [0.25, 0.3) is 0 Å². The van der Waals surface area contributed by atoms with Crippen LogP contribution in [-0.4, -0.2) is 32.2 Å². The first kappa shape index (κ1) is 15.2. The molecule has 0 saturated carbocycles. The van der Waals surface area contributed by atoms with Gasteiger partial charge in [-0.2, -0.15) is 16.4 Å². The van der Waals surface area contributed by atoms with Gasteiger partial charge in [0.25, 0.3) is 10.0 Å². The lowest BCUT2D eigenvalue weighted by atomic mass is 10.2. The summed E-state index contributed by atoms with van der Waals surface area (Å²) in [5, 5.41) is 13.7. The van der Waals surface area contributed by atoms with Crippen molar-refractivity contribution in [2.45, 2.75) is 24.9 Å². The van der Waals surface area contributed by atoms with Gasteiger partial charge in [-0.05, 0) is 42.8 Å². The van der Waals surface area contributed by atoms with Crippen molar-refractivity contribution in [1.82, 2.24) is 20.2 Å². The number of thiophene rings is 1. The molecule has 2 aromatic rings. The molecule has 0 spiro atoms. The molecule has 8 heteroatoms. The predicted molar refractivity (Wildman–Crippen MR) is 79.3 cm³/mol. The molecule has 0 atom stereocenters. The van der Waals surface area contributed by atoms with Crippen molar-refractivity contribution in [2.75, 3.05) is 13.6 Å². The van der Waals surface area contributed by atoms with Gasteiger partial charge in [0.2, 0.25) is 0 Å². The Hall–Kier alpha value is -1.22. The van der Waals surface area contributed by atoms with E-state index in [1.165, 1.54) is 0 Å². The minimum Gasteiger partial charge on any atom is -0.316 e. The van der Waals surface area contributed by atoms with Crippen molar-refractivity contribution in [1.29, 1.82) is 0 Å². The SMILES string of the molecule is CNCc1c(S(=O)(=O)NCCc2ccsc2)n[nH]c1C. The Morgan fingerprint density at radius 3 is 2.90 bits per heavy atom. The molecule has 0 aliphatic heterocycles. The molecule has 0 saturated heterocycles. The standard InChI is InChI=1S/C12H18N4O2S2/c1-9-11(7-13-2)12(16-15-9)20(17,18)14-5-3-10-4-6-19-8-10/h4,6,8,13-14H,3,5,7H2,1-2H3,(H,15,16). The molecule has 2 rings (SSSR count). The molecule has 0 unspecified atom stereocenters. The quantitative estimate of drug-likeness (QED) is 0.712. The summed E-state index contributed by atoms with van der Waals surface area (Å²) >= 11 is 1.60. The Morgan fingerprint density at radius 1 is 1.45 bits per heavy atom. The van der Waals surface area contributed by atoms with E-state index >= 15 is 0 Å². The van der Waals surface area contributed by atoms with E-state index in [1.54, 1.807) is 18.4 Å². The van der Waals surface area contributed by atoms with Crippen molar-refractivity contribution in [3.05, 3.63) is 33.6 Å². The summed E-state index contributed by atoms with van der Waals surface area (Å²) in [6.07, 6.45) is 0.674. The minimum atomic E-state index is -3.57. The molecule has 0 amide bonds. The minimum absolute atomic E-state index is 0.0784. The monoisotopic (exact) mass is 314 g/mol. The fourth-order valence-corrected chi connectivity index (χ4v) is 3.80. The van der Waals surface area contributed by atoms with E-state index in [4.69, 9.17) is 0 Å². The molecule has 0 fully saturated rings. The summed E-state index contributed by atoms with van der Waals surface area (Å²) in [4.78, 5) is 0. The molecular formula is C12H18N4O2S2. The zero-order valence-corrected chi connectivity index (χ0v) is 13.1. The highest BCUT2D eigenvalue weighted by molar-refractivity contribution is 7.89. The maximum atomic E-state index is 12.3. The van der Waals surface area contributed by atoms with Crippen LogP contribution < -0.4 is 10.0 Å². The zero-order chi connectivity index (χ0) is 14.6. The van der Waals surface area contributed by atoms with Crippen LogP contribution in [0.3, 0.4) is 0 Å². The van der Waals surface area contributed by atoms with Crippen LogP contribution in [-0.2, 0) is 23.0 Å².